The van der Waals surface area contributed by atoms with E-state index in [0.717, 1.165) is 12.8 Å². The zero-order chi connectivity index (χ0) is 12.6. The Morgan fingerprint density at radius 3 is 2.38 bits per heavy atom. The standard InChI is InChI=1S/C14H24O2/c1-10-8-14(5,6)9-11(10)7-12(15)16-13(2,3)4/h7,10H,8-9H2,1-6H3/b11-7-. The first-order chi connectivity index (χ1) is 7.09. The minimum absolute atomic E-state index is 0.202. The number of esters is 1. The van der Waals surface area contributed by atoms with Crippen molar-refractivity contribution < 1.29 is 9.53 Å². The van der Waals surface area contributed by atoms with Crippen LogP contribution < -0.4 is 0 Å². The maximum Gasteiger partial charge on any atom is 0.331 e. The molecule has 0 aromatic carbocycles. The van der Waals surface area contributed by atoms with Gasteiger partial charge in [-0.2, -0.15) is 0 Å². The third kappa shape index (κ3) is 3.99. The van der Waals surface area contributed by atoms with Crippen molar-refractivity contribution in [3.05, 3.63) is 11.6 Å². The molecule has 0 aromatic rings. The van der Waals surface area contributed by atoms with Crippen LogP contribution in [0.5, 0.6) is 0 Å². The molecule has 0 amide bonds. The zero-order valence-corrected chi connectivity index (χ0v) is 11.4. The van der Waals surface area contributed by atoms with E-state index in [1.54, 1.807) is 6.08 Å². The fraction of sp³-hybridized carbons (Fsp3) is 0.786. The topological polar surface area (TPSA) is 26.3 Å². The average Bonchev–Trinajstić information content (AvgIpc) is 2.19. The predicted octanol–water partition coefficient (Wildman–Crippen LogP) is 3.71. The van der Waals surface area contributed by atoms with Gasteiger partial charge in [-0.1, -0.05) is 26.3 Å². The Hall–Kier alpha value is -0.790. The zero-order valence-electron chi connectivity index (χ0n) is 11.4. The smallest absolute Gasteiger partial charge is 0.331 e. The maximum atomic E-state index is 11.7. The third-order valence-corrected chi connectivity index (χ3v) is 2.88. The monoisotopic (exact) mass is 224 g/mol. The van der Waals surface area contributed by atoms with Crippen molar-refractivity contribution in [1.82, 2.24) is 0 Å². The van der Waals surface area contributed by atoms with Gasteiger partial charge in [-0.15, -0.1) is 0 Å². The van der Waals surface area contributed by atoms with Crippen LogP contribution in [-0.4, -0.2) is 11.6 Å². The van der Waals surface area contributed by atoms with E-state index >= 15 is 0 Å². The summed E-state index contributed by atoms with van der Waals surface area (Å²) in [7, 11) is 0. The van der Waals surface area contributed by atoms with E-state index in [1.165, 1.54) is 5.57 Å². The second kappa shape index (κ2) is 4.23. The molecular weight excluding hydrogens is 200 g/mol. The molecule has 1 aliphatic carbocycles. The molecule has 0 spiro atoms. The van der Waals surface area contributed by atoms with Gasteiger partial charge in [0.05, 0.1) is 0 Å². The lowest BCUT2D eigenvalue weighted by atomic mass is 9.91. The summed E-state index contributed by atoms with van der Waals surface area (Å²) in [5.41, 5.74) is 1.16. The van der Waals surface area contributed by atoms with Crippen molar-refractivity contribution in [1.29, 1.82) is 0 Å². The van der Waals surface area contributed by atoms with Gasteiger partial charge in [-0.25, -0.2) is 4.79 Å². The lowest BCUT2D eigenvalue weighted by Crippen LogP contribution is -2.22. The van der Waals surface area contributed by atoms with E-state index in [-0.39, 0.29) is 5.97 Å². The van der Waals surface area contributed by atoms with Crippen LogP contribution in [0.25, 0.3) is 0 Å². The minimum atomic E-state index is -0.397. The summed E-state index contributed by atoms with van der Waals surface area (Å²) >= 11 is 0. The Morgan fingerprint density at radius 2 is 2.00 bits per heavy atom. The van der Waals surface area contributed by atoms with E-state index in [2.05, 4.69) is 20.8 Å². The fourth-order valence-corrected chi connectivity index (χ4v) is 2.43. The molecule has 1 atom stereocenters. The number of ether oxygens (including phenoxy) is 1. The molecule has 2 nitrogen and oxygen atoms in total. The van der Waals surface area contributed by atoms with Gasteiger partial charge in [0, 0.05) is 6.08 Å². The van der Waals surface area contributed by atoms with Gasteiger partial charge in [0.1, 0.15) is 5.60 Å². The number of carbonyl (C=O) groups excluding carboxylic acids is 1. The third-order valence-electron chi connectivity index (χ3n) is 2.88. The number of rotatable bonds is 1. The normalized spacial score (nSPS) is 27.1. The molecule has 2 heteroatoms. The molecule has 1 unspecified atom stereocenters. The van der Waals surface area contributed by atoms with Gasteiger partial charge in [0.25, 0.3) is 0 Å². The highest BCUT2D eigenvalue weighted by Gasteiger charge is 2.32. The molecule has 0 bridgehead atoms. The number of allylic oxidation sites excluding steroid dienone is 1. The van der Waals surface area contributed by atoms with Crippen LogP contribution in [0.2, 0.25) is 0 Å². The van der Waals surface area contributed by atoms with Gasteiger partial charge in [0.15, 0.2) is 0 Å². The van der Waals surface area contributed by atoms with Crippen molar-refractivity contribution in [3.8, 4) is 0 Å². The van der Waals surface area contributed by atoms with Crippen molar-refractivity contribution in [3.63, 3.8) is 0 Å². The molecule has 1 rings (SSSR count). The summed E-state index contributed by atoms with van der Waals surface area (Å²) < 4.78 is 5.30. The first-order valence-electron chi connectivity index (χ1n) is 6.02. The molecule has 1 aliphatic rings. The van der Waals surface area contributed by atoms with Crippen LogP contribution in [0.1, 0.15) is 54.4 Å². The summed E-state index contributed by atoms with van der Waals surface area (Å²) in [6.07, 6.45) is 3.86. The molecule has 1 fully saturated rings. The molecule has 0 aliphatic heterocycles. The molecule has 0 saturated heterocycles. The second-order valence-electron chi connectivity index (χ2n) is 6.70. The van der Waals surface area contributed by atoms with Crippen LogP contribution in [0.4, 0.5) is 0 Å². The highest BCUT2D eigenvalue weighted by Crippen LogP contribution is 2.44. The largest absolute Gasteiger partial charge is 0.457 e. The molecule has 0 radical (unpaired) electrons. The van der Waals surface area contributed by atoms with Crippen molar-refractivity contribution in [2.24, 2.45) is 11.3 Å². The molecule has 0 aromatic heterocycles. The average molecular weight is 224 g/mol. The Kier molecular flexibility index (Phi) is 3.51. The van der Waals surface area contributed by atoms with Gasteiger partial charge < -0.3 is 4.74 Å². The number of hydrogen-bond acceptors (Lipinski definition) is 2. The summed E-state index contributed by atoms with van der Waals surface area (Å²) in [5, 5.41) is 0. The van der Waals surface area contributed by atoms with Crippen LogP contribution >= 0.6 is 0 Å². The summed E-state index contributed by atoms with van der Waals surface area (Å²) in [6, 6.07) is 0. The lowest BCUT2D eigenvalue weighted by molar-refractivity contribution is -0.148. The minimum Gasteiger partial charge on any atom is -0.457 e. The highest BCUT2D eigenvalue weighted by molar-refractivity contribution is 5.83. The summed E-state index contributed by atoms with van der Waals surface area (Å²) in [6.45, 7) is 12.4. The van der Waals surface area contributed by atoms with Crippen LogP contribution in [0.3, 0.4) is 0 Å². The Bertz CT molecular complexity index is 305. The lowest BCUT2D eigenvalue weighted by Gasteiger charge is -2.18. The molecular formula is C14H24O2. The molecule has 0 heterocycles. The van der Waals surface area contributed by atoms with E-state index in [9.17, 15) is 4.79 Å². The van der Waals surface area contributed by atoms with E-state index < -0.39 is 5.60 Å². The van der Waals surface area contributed by atoms with Crippen LogP contribution in [-0.2, 0) is 9.53 Å². The van der Waals surface area contributed by atoms with Crippen molar-refractivity contribution in [2.75, 3.05) is 0 Å². The first kappa shape index (κ1) is 13.3. The fourth-order valence-electron chi connectivity index (χ4n) is 2.43. The van der Waals surface area contributed by atoms with Crippen molar-refractivity contribution in [2.45, 2.75) is 60.0 Å². The predicted molar refractivity (Wildman–Crippen MR) is 66.1 cm³/mol. The molecule has 16 heavy (non-hydrogen) atoms. The van der Waals surface area contributed by atoms with E-state index in [4.69, 9.17) is 4.74 Å². The molecule has 1 saturated carbocycles. The summed E-state index contributed by atoms with van der Waals surface area (Å²) in [5.74, 6) is 0.301. The Labute approximate surface area is 99.1 Å². The number of carbonyl (C=O) groups is 1. The van der Waals surface area contributed by atoms with Gasteiger partial charge in [-0.05, 0) is 44.9 Å². The SMILES string of the molecule is CC1CC(C)(C)C/C1=C/C(=O)OC(C)(C)C. The van der Waals surface area contributed by atoms with E-state index in [0.29, 0.717) is 11.3 Å². The van der Waals surface area contributed by atoms with Crippen molar-refractivity contribution >= 4 is 5.97 Å². The summed E-state index contributed by atoms with van der Waals surface area (Å²) in [4.78, 5) is 11.7. The Balaban J connectivity index is 2.68. The molecule has 0 N–H and O–H groups in total. The van der Waals surface area contributed by atoms with Crippen LogP contribution in [0, 0.1) is 11.3 Å². The quantitative estimate of drug-likeness (QED) is 0.501. The molecule has 92 valence electrons. The highest BCUT2D eigenvalue weighted by atomic mass is 16.6. The van der Waals surface area contributed by atoms with Gasteiger partial charge in [-0.3, -0.25) is 0 Å². The van der Waals surface area contributed by atoms with Gasteiger partial charge >= 0.3 is 5.97 Å². The first-order valence-corrected chi connectivity index (χ1v) is 6.02. The van der Waals surface area contributed by atoms with E-state index in [1.807, 2.05) is 20.8 Å². The number of hydrogen-bond donors (Lipinski definition) is 0. The maximum absolute atomic E-state index is 11.7. The Morgan fingerprint density at radius 1 is 1.44 bits per heavy atom. The van der Waals surface area contributed by atoms with Gasteiger partial charge in [0.2, 0.25) is 0 Å². The van der Waals surface area contributed by atoms with Crippen LogP contribution in [0.15, 0.2) is 11.6 Å². The second-order valence-corrected chi connectivity index (χ2v) is 6.70.